The summed E-state index contributed by atoms with van der Waals surface area (Å²) < 4.78 is 1.85. The maximum Gasteiger partial charge on any atom is 0.0860 e. The van der Waals surface area contributed by atoms with E-state index in [1.54, 1.807) is 0 Å². The summed E-state index contributed by atoms with van der Waals surface area (Å²) in [4.78, 5) is 0. The third-order valence-corrected chi connectivity index (χ3v) is 3.76. The van der Waals surface area contributed by atoms with Gasteiger partial charge in [0.05, 0.1) is 16.4 Å². The van der Waals surface area contributed by atoms with Gasteiger partial charge in [-0.05, 0) is 25.8 Å². The number of hydrogen-bond donors (Lipinski definition) is 1. The summed E-state index contributed by atoms with van der Waals surface area (Å²) in [6, 6.07) is 10.9. The van der Waals surface area contributed by atoms with Crippen LogP contribution in [0.3, 0.4) is 0 Å². The number of hydrogen-bond acceptors (Lipinski definition) is 2. The van der Waals surface area contributed by atoms with E-state index in [0.29, 0.717) is 6.04 Å². The highest BCUT2D eigenvalue weighted by Crippen LogP contribution is 2.19. The molecule has 0 spiro atoms. The molecule has 0 aliphatic carbocycles. The largest absolute Gasteiger partial charge is 0.308 e. The van der Waals surface area contributed by atoms with Crippen molar-refractivity contribution in [2.24, 2.45) is 7.05 Å². The Morgan fingerprint density at radius 1 is 1.32 bits per heavy atom. The number of aromatic nitrogens is 2. The fraction of sp³-hybridized carbons (Fsp3) is 0.400. The summed E-state index contributed by atoms with van der Waals surface area (Å²) in [5, 5.41) is 8.58. The van der Waals surface area contributed by atoms with E-state index in [1.165, 1.54) is 5.56 Å². The van der Waals surface area contributed by atoms with Gasteiger partial charge in [-0.15, -0.1) is 0 Å². The third kappa shape index (κ3) is 3.58. The lowest BCUT2D eigenvalue weighted by Gasteiger charge is -2.14. The van der Waals surface area contributed by atoms with E-state index in [1.807, 2.05) is 24.7 Å². The molecular weight excluding hydrogens is 258 g/mol. The van der Waals surface area contributed by atoms with E-state index in [4.69, 9.17) is 11.6 Å². The van der Waals surface area contributed by atoms with Gasteiger partial charge in [-0.3, -0.25) is 4.68 Å². The summed E-state index contributed by atoms with van der Waals surface area (Å²) in [6.07, 6.45) is 1.01. The fourth-order valence-corrected chi connectivity index (χ4v) is 2.41. The monoisotopic (exact) mass is 277 g/mol. The quantitative estimate of drug-likeness (QED) is 0.910. The first-order valence-electron chi connectivity index (χ1n) is 6.53. The van der Waals surface area contributed by atoms with E-state index in [9.17, 15) is 0 Å². The van der Waals surface area contributed by atoms with Gasteiger partial charge in [-0.2, -0.15) is 5.10 Å². The maximum absolute atomic E-state index is 6.23. The Labute approximate surface area is 119 Å². The molecule has 1 atom stereocenters. The molecule has 0 saturated heterocycles. The molecule has 0 bridgehead atoms. The van der Waals surface area contributed by atoms with Crippen LogP contribution in [0.15, 0.2) is 30.3 Å². The van der Waals surface area contributed by atoms with Gasteiger partial charge in [0.15, 0.2) is 0 Å². The van der Waals surface area contributed by atoms with Gasteiger partial charge in [-0.1, -0.05) is 41.9 Å². The highest BCUT2D eigenvalue weighted by Gasteiger charge is 2.11. The first-order valence-corrected chi connectivity index (χ1v) is 6.91. The van der Waals surface area contributed by atoms with E-state index in [2.05, 4.69) is 41.6 Å². The van der Waals surface area contributed by atoms with Gasteiger partial charge in [0, 0.05) is 19.6 Å². The minimum Gasteiger partial charge on any atom is -0.308 e. The van der Waals surface area contributed by atoms with Crippen LogP contribution < -0.4 is 5.32 Å². The molecule has 1 aromatic heterocycles. The zero-order valence-electron chi connectivity index (χ0n) is 11.7. The molecule has 4 heteroatoms. The lowest BCUT2D eigenvalue weighted by Crippen LogP contribution is -2.28. The molecule has 0 aliphatic rings. The molecule has 1 unspecified atom stereocenters. The fourth-order valence-electron chi connectivity index (χ4n) is 2.18. The Hall–Kier alpha value is -1.32. The average Bonchev–Trinajstić information content (AvgIpc) is 2.62. The van der Waals surface area contributed by atoms with Gasteiger partial charge in [0.1, 0.15) is 0 Å². The van der Waals surface area contributed by atoms with E-state index in [-0.39, 0.29) is 0 Å². The number of benzene rings is 1. The summed E-state index contributed by atoms with van der Waals surface area (Å²) in [6.45, 7) is 4.85. The molecule has 1 N–H and O–H groups in total. The van der Waals surface area contributed by atoms with Gasteiger partial charge in [0.2, 0.25) is 0 Å². The second kappa shape index (κ2) is 6.22. The summed E-state index contributed by atoms with van der Waals surface area (Å²) in [5.41, 5.74) is 3.27. The van der Waals surface area contributed by atoms with Crippen molar-refractivity contribution in [2.75, 3.05) is 0 Å². The maximum atomic E-state index is 6.23. The van der Waals surface area contributed by atoms with E-state index >= 15 is 0 Å². The van der Waals surface area contributed by atoms with Gasteiger partial charge >= 0.3 is 0 Å². The minimum absolute atomic E-state index is 0.397. The summed E-state index contributed by atoms with van der Waals surface area (Å²) >= 11 is 6.23. The highest BCUT2D eigenvalue weighted by atomic mass is 35.5. The first-order chi connectivity index (χ1) is 9.08. The van der Waals surface area contributed by atoms with Crippen molar-refractivity contribution in [2.45, 2.75) is 32.9 Å². The molecule has 102 valence electrons. The summed E-state index contributed by atoms with van der Waals surface area (Å²) in [5.74, 6) is 0. The van der Waals surface area contributed by atoms with Crippen molar-refractivity contribution >= 4 is 11.6 Å². The van der Waals surface area contributed by atoms with Crippen molar-refractivity contribution in [3.05, 3.63) is 52.3 Å². The number of halogens is 1. The lowest BCUT2D eigenvalue weighted by molar-refractivity contribution is 0.525. The van der Waals surface area contributed by atoms with Crippen molar-refractivity contribution in [3.63, 3.8) is 0 Å². The molecule has 0 fully saturated rings. The van der Waals surface area contributed by atoms with Crippen molar-refractivity contribution in [1.82, 2.24) is 15.1 Å². The third-order valence-electron chi connectivity index (χ3n) is 3.26. The minimum atomic E-state index is 0.397. The molecule has 0 aliphatic heterocycles. The number of nitrogens with zero attached hydrogens (tertiary/aromatic N) is 2. The molecule has 1 heterocycles. The molecule has 19 heavy (non-hydrogen) atoms. The smallest absolute Gasteiger partial charge is 0.0860 e. The van der Waals surface area contributed by atoms with E-state index < -0.39 is 0 Å². The molecule has 0 amide bonds. The SMILES string of the molecule is Cc1nn(C)c(CNC(C)Cc2ccccc2)c1Cl. The van der Waals surface area contributed by atoms with Crippen LogP contribution in [0.5, 0.6) is 0 Å². The standard InChI is InChI=1S/C15H20ClN3/c1-11(9-13-7-5-4-6-8-13)17-10-14-15(16)12(2)18-19(14)3/h4-8,11,17H,9-10H2,1-3H3. The highest BCUT2D eigenvalue weighted by molar-refractivity contribution is 6.31. The van der Waals surface area contributed by atoms with Crippen LogP contribution in [0.25, 0.3) is 0 Å². The molecule has 3 nitrogen and oxygen atoms in total. The molecule has 0 saturated carbocycles. The van der Waals surface area contributed by atoms with Gasteiger partial charge in [-0.25, -0.2) is 0 Å². The Morgan fingerprint density at radius 2 is 2.00 bits per heavy atom. The topological polar surface area (TPSA) is 29.9 Å². The van der Waals surface area contributed by atoms with Crippen LogP contribution in [0.4, 0.5) is 0 Å². The zero-order chi connectivity index (χ0) is 13.8. The number of aryl methyl sites for hydroxylation is 2. The van der Waals surface area contributed by atoms with Crippen molar-refractivity contribution in [3.8, 4) is 0 Å². The average molecular weight is 278 g/mol. The number of nitrogens with one attached hydrogen (secondary N) is 1. The molecule has 2 rings (SSSR count). The summed E-state index contributed by atoms with van der Waals surface area (Å²) in [7, 11) is 1.93. The first kappa shape index (κ1) is 14.1. The van der Waals surface area contributed by atoms with Crippen molar-refractivity contribution in [1.29, 1.82) is 0 Å². The van der Waals surface area contributed by atoms with Gasteiger partial charge < -0.3 is 5.32 Å². The Morgan fingerprint density at radius 3 is 2.58 bits per heavy atom. The zero-order valence-corrected chi connectivity index (χ0v) is 12.4. The Kier molecular flexibility index (Phi) is 4.61. The number of rotatable bonds is 5. The second-order valence-electron chi connectivity index (χ2n) is 4.94. The predicted molar refractivity (Wildman–Crippen MR) is 79.4 cm³/mol. The van der Waals surface area contributed by atoms with E-state index in [0.717, 1.165) is 29.4 Å². The Balaban J connectivity index is 1.92. The van der Waals surface area contributed by atoms with Gasteiger partial charge in [0.25, 0.3) is 0 Å². The Bertz CT molecular complexity index is 534. The molecule has 2 aromatic rings. The predicted octanol–water partition coefficient (Wildman–Crippen LogP) is 3.10. The second-order valence-corrected chi connectivity index (χ2v) is 5.32. The lowest BCUT2D eigenvalue weighted by atomic mass is 10.1. The molecule has 1 aromatic carbocycles. The van der Waals surface area contributed by atoms with Crippen LogP contribution in [0.1, 0.15) is 23.9 Å². The van der Waals surface area contributed by atoms with Crippen LogP contribution in [0.2, 0.25) is 5.02 Å². The van der Waals surface area contributed by atoms with Crippen LogP contribution >= 0.6 is 11.6 Å². The molecule has 0 radical (unpaired) electrons. The molecular formula is C15H20ClN3. The van der Waals surface area contributed by atoms with Crippen LogP contribution in [-0.2, 0) is 20.0 Å². The van der Waals surface area contributed by atoms with Crippen LogP contribution in [-0.4, -0.2) is 15.8 Å². The van der Waals surface area contributed by atoms with Crippen molar-refractivity contribution < 1.29 is 0 Å². The van der Waals surface area contributed by atoms with Crippen LogP contribution in [0, 0.1) is 6.92 Å². The normalized spacial score (nSPS) is 12.6.